The molecule has 1 unspecified atom stereocenters. The summed E-state index contributed by atoms with van der Waals surface area (Å²) in [5, 5.41) is 12.6. The molecule has 0 aliphatic rings. The Morgan fingerprint density at radius 3 is 2.55 bits per heavy atom. The SMILES string of the molecule is Cc1ccc2c(COC(=O)C(CO)NC(=O)c3ccccc3)cc(=O)oc2c1C. The van der Waals surface area contributed by atoms with Crippen molar-refractivity contribution in [3.05, 3.63) is 81.2 Å². The molecule has 29 heavy (non-hydrogen) atoms. The fourth-order valence-corrected chi connectivity index (χ4v) is 2.90. The molecule has 7 heteroatoms. The maximum Gasteiger partial charge on any atom is 0.336 e. The van der Waals surface area contributed by atoms with E-state index in [1.165, 1.54) is 6.07 Å². The summed E-state index contributed by atoms with van der Waals surface area (Å²) in [6, 6.07) is 12.1. The fraction of sp³-hybridized carbons (Fsp3) is 0.227. The smallest absolute Gasteiger partial charge is 0.336 e. The average Bonchev–Trinajstić information content (AvgIpc) is 2.73. The second-order valence-corrected chi connectivity index (χ2v) is 6.66. The number of hydrogen-bond acceptors (Lipinski definition) is 6. The Labute approximate surface area is 166 Å². The van der Waals surface area contributed by atoms with Gasteiger partial charge in [0.25, 0.3) is 5.91 Å². The fourth-order valence-electron chi connectivity index (χ4n) is 2.90. The average molecular weight is 395 g/mol. The molecule has 0 radical (unpaired) electrons. The molecule has 0 aliphatic carbocycles. The van der Waals surface area contributed by atoms with Gasteiger partial charge in [-0.2, -0.15) is 0 Å². The van der Waals surface area contributed by atoms with E-state index in [0.717, 1.165) is 11.1 Å². The first-order valence-electron chi connectivity index (χ1n) is 9.07. The monoisotopic (exact) mass is 395 g/mol. The van der Waals surface area contributed by atoms with Gasteiger partial charge in [0.05, 0.1) is 6.61 Å². The van der Waals surface area contributed by atoms with E-state index >= 15 is 0 Å². The van der Waals surface area contributed by atoms with Crippen LogP contribution in [0.2, 0.25) is 0 Å². The highest BCUT2D eigenvalue weighted by Gasteiger charge is 2.22. The van der Waals surface area contributed by atoms with Crippen molar-refractivity contribution in [2.45, 2.75) is 26.5 Å². The van der Waals surface area contributed by atoms with Gasteiger partial charge in [-0.25, -0.2) is 9.59 Å². The zero-order valence-corrected chi connectivity index (χ0v) is 16.1. The number of rotatable bonds is 6. The van der Waals surface area contributed by atoms with Crippen molar-refractivity contribution in [3.8, 4) is 0 Å². The van der Waals surface area contributed by atoms with Gasteiger partial charge >= 0.3 is 11.6 Å². The minimum Gasteiger partial charge on any atom is -0.459 e. The molecule has 7 nitrogen and oxygen atoms in total. The van der Waals surface area contributed by atoms with Crippen LogP contribution in [0, 0.1) is 13.8 Å². The van der Waals surface area contributed by atoms with Gasteiger partial charge in [0, 0.05) is 22.6 Å². The van der Waals surface area contributed by atoms with Crippen molar-refractivity contribution < 1.29 is 23.8 Å². The summed E-state index contributed by atoms with van der Waals surface area (Å²) < 4.78 is 10.6. The molecule has 2 N–H and O–H groups in total. The van der Waals surface area contributed by atoms with Crippen LogP contribution in [0.25, 0.3) is 11.0 Å². The number of aliphatic hydroxyl groups is 1. The largest absolute Gasteiger partial charge is 0.459 e. The summed E-state index contributed by atoms with van der Waals surface area (Å²) in [5.41, 5.74) is 2.54. The van der Waals surface area contributed by atoms with Crippen LogP contribution in [0.3, 0.4) is 0 Å². The maximum absolute atomic E-state index is 12.4. The van der Waals surface area contributed by atoms with Crippen LogP contribution in [0.5, 0.6) is 0 Å². The third kappa shape index (κ3) is 4.52. The summed E-state index contributed by atoms with van der Waals surface area (Å²) in [4.78, 5) is 36.5. The van der Waals surface area contributed by atoms with Crippen LogP contribution in [0.4, 0.5) is 0 Å². The van der Waals surface area contributed by atoms with Crippen LogP contribution >= 0.6 is 0 Å². The molecule has 1 heterocycles. The second kappa shape index (κ2) is 8.70. The van der Waals surface area contributed by atoms with Gasteiger partial charge in [-0.05, 0) is 37.1 Å². The minimum atomic E-state index is -1.22. The predicted molar refractivity (Wildman–Crippen MR) is 107 cm³/mol. The lowest BCUT2D eigenvalue weighted by atomic mass is 10.0. The first kappa shape index (κ1) is 20.3. The van der Waals surface area contributed by atoms with E-state index in [0.29, 0.717) is 22.1 Å². The lowest BCUT2D eigenvalue weighted by Gasteiger charge is -2.16. The Bertz CT molecular complexity index is 1100. The lowest BCUT2D eigenvalue weighted by Crippen LogP contribution is -2.44. The van der Waals surface area contributed by atoms with E-state index in [2.05, 4.69) is 5.32 Å². The van der Waals surface area contributed by atoms with Gasteiger partial charge in [-0.1, -0.05) is 30.3 Å². The highest BCUT2D eigenvalue weighted by molar-refractivity contribution is 5.96. The quantitative estimate of drug-likeness (QED) is 0.490. The Morgan fingerprint density at radius 1 is 1.14 bits per heavy atom. The first-order valence-corrected chi connectivity index (χ1v) is 9.07. The Kier molecular flexibility index (Phi) is 6.09. The third-order valence-electron chi connectivity index (χ3n) is 4.70. The number of fused-ring (bicyclic) bond motifs is 1. The molecule has 0 spiro atoms. The number of carbonyl (C=O) groups excluding carboxylic acids is 2. The van der Waals surface area contributed by atoms with E-state index < -0.39 is 30.2 Å². The zero-order chi connectivity index (χ0) is 21.0. The molecular weight excluding hydrogens is 374 g/mol. The number of nitrogens with one attached hydrogen (secondary N) is 1. The van der Waals surface area contributed by atoms with Gasteiger partial charge in [-0.3, -0.25) is 4.79 Å². The number of ether oxygens (including phenoxy) is 1. The number of carbonyl (C=O) groups is 2. The standard InChI is InChI=1S/C22H21NO6/c1-13-8-9-17-16(10-19(25)29-20(17)14(13)2)12-28-22(27)18(11-24)23-21(26)15-6-4-3-5-7-15/h3-10,18,24H,11-12H2,1-2H3,(H,23,26). The number of hydrogen-bond donors (Lipinski definition) is 2. The summed E-state index contributed by atoms with van der Waals surface area (Å²) in [5.74, 6) is -1.31. The predicted octanol–water partition coefficient (Wildman–Crippen LogP) is 2.24. The van der Waals surface area contributed by atoms with E-state index in [1.54, 1.807) is 36.4 Å². The summed E-state index contributed by atoms with van der Waals surface area (Å²) in [6.45, 7) is 2.94. The zero-order valence-electron chi connectivity index (χ0n) is 16.1. The van der Waals surface area contributed by atoms with Crippen LogP contribution in [0.15, 0.2) is 57.7 Å². The van der Waals surface area contributed by atoms with Gasteiger partial charge in [0.15, 0.2) is 6.04 Å². The van der Waals surface area contributed by atoms with Crippen molar-refractivity contribution in [2.75, 3.05) is 6.61 Å². The maximum atomic E-state index is 12.4. The molecule has 2 aromatic carbocycles. The van der Waals surface area contributed by atoms with Crippen LogP contribution in [-0.2, 0) is 16.1 Å². The summed E-state index contributed by atoms with van der Waals surface area (Å²) in [6.07, 6.45) is 0. The molecule has 0 saturated carbocycles. The molecule has 1 atom stereocenters. The van der Waals surface area contributed by atoms with E-state index in [4.69, 9.17) is 9.15 Å². The number of aliphatic hydroxyl groups excluding tert-OH is 1. The highest BCUT2D eigenvalue weighted by atomic mass is 16.5. The molecule has 1 amide bonds. The van der Waals surface area contributed by atoms with Crippen molar-refractivity contribution in [1.29, 1.82) is 0 Å². The van der Waals surface area contributed by atoms with Gasteiger partial charge in [-0.15, -0.1) is 0 Å². The minimum absolute atomic E-state index is 0.193. The first-order chi connectivity index (χ1) is 13.9. The molecule has 150 valence electrons. The summed E-state index contributed by atoms with van der Waals surface area (Å²) >= 11 is 0. The molecule has 0 aliphatic heterocycles. The molecule has 3 rings (SSSR count). The van der Waals surface area contributed by atoms with E-state index in [1.807, 2.05) is 19.9 Å². The normalized spacial score (nSPS) is 11.8. The van der Waals surface area contributed by atoms with Crippen molar-refractivity contribution in [1.82, 2.24) is 5.32 Å². The molecule has 0 bridgehead atoms. The Hall–Kier alpha value is -3.45. The number of esters is 1. The van der Waals surface area contributed by atoms with Gasteiger partial charge in [0.1, 0.15) is 12.2 Å². The third-order valence-corrected chi connectivity index (χ3v) is 4.70. The van der Waals surface area contributed by atoms with E-state index in [9.17, 15) is 19.5 Å². The molecule has 0 fully saturated rings. The summed E-state index contributed by atoms with van der Waals surface area (Å²) in [7, 11) is 0. The number of benzene rings is 2. The van der Waals surface area contributed by atoms with Gasteiger partial charge in [0.2, 0.25) is 0 Å². The number of amides is 1. The van der Waals surface area contributed by atoms with Crippen LogP contribution in [0.1, 0.15) is 27.0 Å². The molecule has 1 aromatic heterocycles. The molecule has 3 aromatic rings. The molecular formula is C22H21NO6. The molecule has 0 saturated heterocycles. The number of aryl methyl sites for hydroxylation is 2. The highest BCUT2D eigenvalue weighted by Crippen LogP contribution is 2.23. The van der Waals surface area contributed by atoms with Crippen molar-refractivity contribution >= 4 is 22.8 Å². The van der Waals surface area contributed by atoms with E-state index in [-0.39, 0.29) is 6.61 Å². The van der Waals surface area contributed by atoms with Crippen LogP contribution in [-0.4, -0.2) is 29.6 Å². The lowest BCUT2D eigenvalue weighted by molar-refractivity contribution is -0.148. The second-order valence-electron chi connectivity index (χ2n) is 6.66. The topological polar surface area (TPSA) is 106 Å². The Morgan fingerprint density at radius 2 is 1.86 bits per heavy atom. The van der Waals surface area contributed by atoms with Crippen LogP contribution < -0.4 is 10.9 Å². The van der Waals surface area contributed by atoms with Gasteiger partial charge < -0.3 is 19.6 Å². The van der Waals surface area contributed by atoms with Crippen molar-refractivity contribution in [2.24, 2.45) is 0 Å². The Balaban J connectivity index is 1.75. The van der Waals surface area contributed by atoms with Crippen molar-refractivity contribution in [3.63, 3.8) is 0 Å².